The van der Waals surface area contributed by atoms with Crippen molar-refractivity contribution in [3.8, 4) is 5.88 Å². The first-order chi connectivity index (χ1) is 13.0. The normalized spacial score (nSPS) is 16.8. The number of carbonyl (C=O) groups is 1. The highest BCUT2D eigenvalue weighted by Gasteiger charge is 2.33. The van der Waals surface area contributed by atoms with Gasteiger partial charge in [0.15, 0.2) is 5.69 Å². The summed E-state index contributed by atoms with van der Waals surface area (Å²) in [6.07, 6.45) is 1.85. The number of nitrogens with zero attached hydrogens (tertiary/aromatic N) is 3. The summed E-state index contributed by atoms with van der Waals surface area (Å²) in [6.45, 7) is 0.517. The molecule has 2 heterocycles. The Labute approximate surface area is 160 Å². The topological polar surface area (TPSA) is 66.3 Å². The third-order valence-corrected chi connectivity index (χ3v) is 5.25. The number of halogens is 2. The van der Waals surface area contributed by atoms with Crippen molar-refractivity contribution in [1.29, 1.82) is 0 Å². The van der Waals surface area contributed by atoms with Crippen molar-refractivity contribution in [2.75, 3.05) is 6.54 Å². The summed E-state index contributed by atoms with van der Waals surface area (Å²) < 4.78 is 14.1. The predicted octanol–water partition coefficient (Wildman–Crippen LogP) is 3.98. The van der Waals surface area contributed by atoms with Gasteiger partial charge in [-0.2, -0.15) is 0 Å². The molecule has 0 radical (unpaired) electrons. The lowest BCUT2D eigenvalue weighted by Crippen LogP contribution is -2.37. The van der Waals surface area contributed by atoms with E-state index in [1.165, 1.54) is 6.07 Å². The molecule has 1 aliphatic heterocycles. The molecular formula is C20H17ClFN3O2. The number of para-hydroxylation sites is 2. The summed E-state index contributed by atoms with van der Waals surface area (Å²) in [5.41, 5.74) is 1.37. The Morgan fingerprint density at radius 3 is 2.67 bits per heavy atom. The zero-order valence-corrected chi connectivity index (χ0v) is 15.2. The van der Waals surface area contributed by atoms with Gasteiger partial charge in [0.2, 0.25) is 5.88 Å². The van der Waals surface area contributed by atoms with Crippen LogP contribution in [0.2, 0.25) is 5.02 Å². The van der Waals surface area contributed by atoms with E-state index in [1.807, 2.05) is 0 Å². The quantitative estimate of drug-likeness (QED) is 0.740. The molecule has 0 spiro atoms. The van der Waals surface area contributed by atoms with Crippen LogP contribution in [0.5, 0.6) is 5.88 Å². The van der Waals surface area contributed by atoms with Crippen LogP contribution in [0.1, 0.15) is 28.9 Å². The molecule has 7 heteroatoms. The van der Waals surface area contributed by atoms with Gasteiger partial charge in [-0.25, -0.2) is 14.4 Å². The van der Waals surface area contributed by atoms with Crippen molar-refractivity contribution in [2.45, 2.75) is 25.3 Å². The van der Waals surface area contributed by atoms with Gasteiger partial charge < -0.3 is 10.0 Å². The van der Waals surface area contributed by atoms with E-state index in [-0.39, 0.29) is 17.6 Å². The smallest absolute Gasteiger partial charge is 0.278 e. The zero-order valence-electron chi connectivity index (χ0n) is 14.4. The fraction of sp³-hybridized carbons (Fsp3) is 0.250. The maximum atomic E-state index is 14.1. The Balaban J connectivity index is 1.64. The van der Waals surface area contributed by atoms with Gasteiger partial charge in [-0.05, 0) is 43.5 Å². The van der Waals surface area contributed by atoms with Gasteiger partial charge in [0.1, 0.15) is 5.82 Å². The van der Waals surface area contributed by atoms with Crippen molar-refractivity contribution < 1.29 is 14.3 Å². The number of hydrogen-bond donors (Lipinski definition) is 1. The lowest BCUT2D eigenvalue weighted by molar-refractivity contribution is 0.0726. The summed E-state index contributed by atoms with van der Waals surface area (Å²) >= 11 is 6.14. The number of fused-ring (bicyclic) bond motifs is 1. The fourth-order valence-corrected chi connectivity index (χ4v) is 3.79. The maximum absolute atomic E-state index is 14.1. The standard InChI is InChI=1S/C20H17ClFN3O2/c21-14-6-3-7-15(22)13(14)11-12-5-4-10-25(12)20(27)18-19(26)24-17-9-2-1-8-16(17)23-18/h1-3,6-9,12H,4-5,10-11H2,(H,24,26). The lowest BCUT2D eigenvalue weighted by Gasteiger charge is -2.25. The van der Waals surface area contributed by atoms with Crippen molar-refractivity contribution >= 4 is 28.5 Å². The molecule has 0 bridgehead atoms. The van der Waals surface area contributed by atoms with E-state index in [4.69, 9.17) is 11.6 Å². The van der Waals surface area contributed by atoms with Crippen LogP contribution < -0.4 is 0 Å². The second kappa shape index (κ2) is 7.12. The molecule has 27 heavy (non-hydrogen) atoms. The van der Waals surface area contributed by atoms with Crippen LogP contribution in [-0.2, 0) is 6.42 Å². The monoisotopic (exact) mass is 385 g/mol. The van der Waals surface area contributed by atoms with Gasteiger partial charge in [0, 0.05) is 23.2 Å². The number of amides is 1. The van der Waals surface area contributed by atoms with E-state index >= 15 is 0 Å². The largest absolute Gasteiger partial charge is 0.492 e. The van der Waals surface area contributed by atoms with Crippen LogP contribution in [-0.4, -0.2) is 38.5 Å². The molecule has 1 unspecified atom stereocenters. The summed E-state index contributed by atoms with van der Waals surface area (Å²) in [5.74, 6) is -1.18. The highest BCUT2D eigenvalue weighted by Crippen LogP contribution is 2.29. The van der Waals surface area contributed by atoms with Crippen molar-refractivity contribution in [3.63, 3.8) is 0 Å². The first-order valence-corrected chi connectivity index (χ1v) is 9.12. The molecule has 1 amide bonds. The van der Waals surface area contributed by atoms with Crippen LogP contribution in [0, 0.1) is 5.82 Å². The molecule has 0 aliphatic carbocycles. The van der Waals surface area contributed by atoms with Crippen LogP contribution in [0.4, 0.5) is 4.39 Å². The molecular weight excluding hydrogens is 369 g/mol. The number of rotatable bonds is 3. The molecule has 2 aromatic carbocycles. The number of aromatic nitrogens is 2. The Kier molecular flexibility index (Phi) is 4.66. The Hall–Kier alpha value is -2.73. The molecule has 1 aromatic heterocycles. The minimum Gasteiger partial charge on any atom is -0.492 e. The maximum Gasteiger partial charge on any atom is 0.278 e. The van der Waals surface area contributed by atoms with Crippen LogP contribution in [0.25, 0.3) is 11.0 Å². The van der Waals surface area contributed by atoms with Crippen LogP contribution in [0.3, 0.4) is 0 Å². The highest BCUT2D eigenvalue weighted by atomic mass is 35.5. The number of likely N-dealkylation sites (tertiary alicyclic amines) is 1. The molecule has 1 saturated heterocycles. The van der Waals surface area contributed by atoms with E-state index in [2.05, 4.69) is 9.97 Å². The van der Waals surface area contributed by atoms with E-state index in [0.29, 0.717) is 34.6 Å². The first kappa shape index (κ1) is 17.7. The Morgan fingerprint density at radius 2 is 1.93 bits per heavy atom. The zero-order chi connectivity index (χ0) is 19.0. The summed E-state index contributed by atoms with van der Waals surface area (Å²) in [4.78, 5) is 23.0. The number of carbonyl (C=O) groups excluding carboxylic acids is 1. The third kappa shape index (κ3) is 3.32. The minimum atomic E-state index is -0.402. The fourth-order valence-electron chi connectivity index (χ4n) is 3.55. The molecule has 1 atom stereocenters. The minimum absolute atomic E-state index is 0.0831. The van der Waals surface area contributed by atoms with Crippen molar-refractivity contribution in [1.82, 2.24) is 14.9 Å². The van der Waals surface area contributed by atoms with Gasteiger partial charge in [0.25, 0.3) is 5.91 Å². The number of aromatic hydroxyl groups is 1. The average molecular weight is 386 g/mol. The average Bonchev–Trinajstić information content (AvgIpc) is 3.12. The summed E-state index contributed by atoms with van der Waals surface area (Å²) in [5, 5.41) is 10.6. The van der Waals surface area contributed by atoms with Gasteiger partial charge in [-0.3, -0.25) is 4.79 Å². The van der Waals surface area contributed by atoms with Crippen molar-refractivity contribution in [2.24, 2.45) is 0 Å². The number of benzene rings is 2. The summed E-state index contributed by atoms with van der Waals surface area (Å²) in [6, 6.07) is 11.4. The molecule has 5 nitrogen and oxygen atoms in total. The first-order valence-electron chi connectivity index (χ1n) is 8.74. The van der Waals surface area contributed by atoms with E-state index < -0.39 is 11.8 Å². The predicted molar refractivity (Wildman–Crippen MR) is 100 cm³/mol. The molecule has 1 aliphatic rings. The van der Waals surface area contributed by atoms with E-state index in [9.17, 15) is 14.3 Å². The second-order valence-corrected chi connectivity index (χ2v) is 6.99. The lowest BCUT2D eigenvalue weighted by atomic mass is 10.0. The molecule has 0 saturated carbocycles. The van der Waals surface area contributed by atoms with Gasteiger partial charge in [-0.1, -0.05) is 29.8 Å². The Morgan fingerprint density at radius 1 is 1.19 bits per heavy atom. The van der Waals surface area contributed by atoms with Gasteiger partial charge in [-0.15, -0.1) is 0 Å². The van der Waals surface area contributed by atoms with Crippen LogP contribution >= 0.6 is 11.6 Å². The molecule has 3 aromatic rings. The Bertz CT molecular complexity index is 1010. The summed E-state index contributed by atoms with van der Waals surface area (Å²) in [7, 11) is 0. The van der Waals surface area contributed by atoms with Gasteiger partial charge in [0.05, 0.1) is 11.0 Å². The second-order valence-electron chi connectivity index (χ2n) is 6.58. The molecule has 1 fully saturated rings. The SMILES string of the molecule is O=C(c1nc2ccccc2nc1O)N1CCCC1Cc1c(F)cccc1Cl. The molecule has 1 N–H and O–H groups in total. The van der Waals surface area contributed by atoms with Crippen molar-refractivity contribution in [3.05, 3.63) is 64.6 Å². The molecule has 138 valence electrons. The van der Waals surface area contributed by atoms with Crippen LogP contribution in [0.15, 0.2) is 42.5 Å². The molecule has 4 rings (SSSR count). The van der Waals surface area contributed by atoms with E-state index in [0.717, 1.165) is 12.8 Å². The third-order valence-electron chi connectivity index (χ3n) is 4.89. The van der Waals surface area contributed by atoms with E-state index in [1.54, 1.807) is 41.3 Å². The van der Waals surface area contributed by atoms with Gasteiger partial charge >= 0.3 is 0 Å². The number of hydrogen-bond acceptors (Lipinski definition) is 4. The highest BCUT2D eigenvalue weighted by molar-refractivity contribution is 6.31.